The van der Waals surface area contributed by atoms with Crippen LogP contribution in [0.15, 0.2) is 11.8 Å². The van der Waals surface area contributed by atoms with Crippen LogP contribution in [-0.4, -0.2) is 30.5 Å². The molecule has 1 fully saturated rings. The lowest BCUT2D eigenvalue weighted by Gasteiger charge is -2.29. The second-order valence-electron chi connectivity index (χ2n) is 5.90. The number of likely N-dealkylation sites (tertiary alicyclic amines) is 1. The second-order valence-corrected chi connectivity index (χ2v) is 5.90. The highest BCUT2D eigenvalue weighted by Crippen LogP contribution is 2.35. The van der Waals surface area contributed by atoms with Crippen LogP contribution in [0.1, 0.15) is 46.0 Å². The lowest BCUT2D eigenvalue weighted by Crippen LogP contribution is -2.32. The summed E-state index contributed by atoms with van der Waals surface area (Å²) in [6.07, 6.45) is 6.97. The van der Waals surface area contributed by atoms with Gasteiger partial charge in [-0.05, 0) is 44.3 Å². The van der Waals surface area contributed by atoms with Crippen LogP contribution in [0.5, 0.6) is 0 Å². The molecule has 3 atom stereocenters. The fraction of sp³-hybridized carbons (Fsp3) is 0.800. The fourth-order valence-electron chi connectivity index (χ4n) is 2.96. The minimum atomic E-state index is -0.0605. The number of esters is 1. The van der Waals surface area contributed by atoms with Gasteiger partial charge in [-0.3, -0.25) is 4.79 Å². The largest absolute Gasteiger partial charge is 0.431 e. The normalized spacial score (nSPS) is 29.6. The van der Waals surface area contributed by atoms with Gasteiger partial charge < -0.3 is 9.64 Å². The standard InChI is InChI=1S/C15H25NO2/c1-4-11(2)9-15(17)18-13-6-5-12-7-8-16(3)14(12)10-13/h6,11-12,14H,4-5,7-10H2,1-3H3. The molecule has 0 aromatic rings. The Morgan fingerprint density at radius 1 is 1.61 bits per heavy atom. The highest BCUT2D eigenvalue weighted by molar-refractivity contribution is 5.70. The summed E-state index contributed by atoms with van der Waals surface area (Å²) in [6.45, 7) is 5.38. The van der Waals surface area contributed by atoms with Crippen LogP contribution in [0.3, 0.4) is 0 Å². The molecule has 1 heterocycles. The zero-order valence-corrected chi connectivity index (χ0v) is 11.8. The molecule has 1 aliphatic heterocycles. The molecule has 0 radical (unpaired) electrons. The van der Waals surface area contributed by atoms with E-state index in [1.165, 1.54) is 13.0 Å². The fourth-order valence-corrected chi connectivity index (χ4v) is 2.96. The summed E-state index contributed by atoms with van der Waals surface area (Å²) in [5.74, 6) is 2.03. The van der Waals surface area contributed by atoms with Crippen LogP contribution < -0.4 is 0 Å². The van der Waals surface area contributed by atoms with Crippen molar-refractivity contribution in [3.63, 3.8) is 0 Å². The maximum absolute atomic E-state index is 11.8. The van der Waals surface area contributed by atoms with E-state index in [-0.39, 0.29) is 5.97 Å². The third kappa shape index (κ3) is 3.14. The molecule has 3 unspecified atom stereocenters. The van der Waals surface area contributed by atoms with E-state index in [4.69, 9.17) is 4.74 Å². The van der Waals surface area contributed by atoms with Gasteiger partial charge in [-0.2, -0.15) is 0 Å². The van der Waals surface area contributed by atoms with Crippen molar-refractivity contribution in [1.82, 2.24) is 4.90 Å². The highest BCUT2D eigenvalue weighted by Gasteiger charge is 2.35. The Bertz CT molecular complexity index is 337. The van der Waals surface area contributed by atoms with Crippen molar-refractivity contribution in [2.75, 3.05) is 13.6 Å². The predicted molar refractivity (Wildman–Crippen MR) is 72.0 cm³/mol. The SMILES string of the molecule is CCC(C)CC(=O)OC1=CCC2CCN(C)C2C1. The van der Waals surface area contributed by atoms with Gasteiger partial charge in [0.15, 0.2) is 0 Å². The lowest BCUT2D eigenvalue weighted by atomic mass is 9.89. The first kappa shape index (κ1) is 13.6. The molecule has 2 rings (SSSR count). The van der Waals surface area contributed by atoms with Gasteiger partial charge in [0, 0.05) is 18.9 Å². The van der Waals surface area contributed by atoms with Crippen LogP contribution in [0.25, 0.3) is 0 Å². The number of fused-ring (bicyclic) bond motifs is 1. The number of nitrogens with zero attached hydrogens (tertiary/aromatic N) is 1. The predicted octanol–water partition coefficient (Wildman–Crippen LogP) is 2.96. The van der Waals surface area contributed by atoms with Gasteiger partial charge in [0.05, 0.1) is 0 Å². The van der Waals surface area contributed by atoms with Gasteiger partial charge in [-0.25, -0.2) is 0 Å². The Morgan fingerprint density at radius 3 is 3.11 bits per heavy atom. The molecule has 3 heteroatoms. The van der Waals surface area contributed by atoms with Gasteiger partial charge >= 0.3 is 5.97 Å². The second kappa shape index (κ2) is 5.87. The first-order chi connectivity index (χ1) is 8.60. The van der Waals surface area contributed by atoms with Crippen molar-refractivity contribution in [2.45, 2.75) is 52.0 Å². The van der Waals surface area contributed by atoms with E-state index in [2.05, 4.69) is 31.9 Å². The molecule has 0 N–H and O–H groups in total. The molecule has 0 aromatic carbocycles. The minimum absolute atomic E-state index is 0.0605. The highest BCUT2D eigenvalue weighted by atomic mass is 16.5. The van der Waals surface area contributed by atoms with E-state index < -0.39 is 0 Å². The number of carbonyl (C=O) groups excluding carboxylic acids is 1. The van der Waals surface area contributed by atoms with Crippen LogP contribution >= 0.6 is 0 Å². The first-order valence-electron chi connectivity index (χ1n) is 7.20. The molecule has 2 aliphatic rings. The number of allylic oxidation sites excluding steroid dienone is 1. The summed E-state index contributed by atoms with van der Waals surface area (Å²) in [6, 6.07) is 0.585. The molecule has 1 aliphatic carbocycles. The van der Waals surface area contributed by atoms with Crippen molar-refractivity contribution in [1.29, 1.82) is 0 Å². The molecule has 3 nitrogen and oxygen atoms in total. The van der Waals surface area contributed by atoms with Crippen molar-refractivity contribution in [3.8, 4) is 0 Å². The van der Waals surface area contributed by atoms with Crippen LogP contribution in [0.4, 0.5) is 0 Å². The maximum atomic E-state index is 11.8. The molecular weight excluding hydrogens is 226 g/mol. The molecule has 18 heavy (non-hydrogen) atoms. The van der Waals surface area contributed by atoms with E-state index >= 15 is 0 Å². The molecule has 102 valence electrons. The average Bonchev–Trinajstić information content (AvgIpc) is 2.71. The Balaban J connectivity index is 1.85. The first-order valence-corrected chi connectivity index (χ1v) is 7.20. The zero-order chi connectivity index (χ0) is 13.1. The Labute approximate surface area is 110 Å². The number of carbonyl (C=O) groups is 1. The third-order valence-corrected chi connectivity index (χ3v) is 4.48. The molecule has 0 spiro atoms. The summed E-state index contributed by atoms with van der Waals surface area (Å²) >= 11 is 0. The molecular formula is C15H25NO2. The zero-order valence-electron chi connectivity index (χ0n) is 11.8. The van der Waals surface area contributed by atoms with Gasteiger partial charge in [0.2, 0.25) is 0 Å². The number of hydrogen-bond donors (Lipinski definition) is 0. The summed E-state index contributed by atoms with van der Waals surface area (Å²) < 4.78 is 5.52. The third-order valence-electron chi connectivity index (χ3n) is 4.48. The smallest absolute Gasteiger partial charge is 0.311 e. The topological polar surface area (TPSA) is 29.5 Å². The summed E-state index contributed by atoms with van der Waals surface area (Å²) in [5.41, 5.74) is 0. The van der Waals surface area contributed by atoms with Gasteiger partial charge in [-0.1, -0.05) is 20.3 Å². The van der Waals surface area contributed by atoms with Crippen molar-refractivity contribution >= 4 is 5.97 Å². The van der Waals surface area contributed by atoms with Crippen molar-refractivity contribution < 1.29 is 9.53 Å². The summed E-state index contributed by atoms with van der Waals surface area (Å²) in [4.78, 5) is 14.2. The van der Waals surface area contributed by atoms with Crippen molar-refractivity contribution in [2.24, 2.45) is 11.8 Å². The van der Waals surface area contributed by atoms with Crippen LogP contribution in [0, 0.1) is 11.8 Å². The van der Waals surface area contributed by atoms with Crippen molar-refractivity contribution in [3.05, 3.63) is 11.8 Å². The Kier molecular flexibility index (Phi) is 4.44. The minimum Gasteiger partial charge on any atom is -0.431 e. The van der Waals surface area contributed by atoms with Gasteiger partial charge in [-0.15, -0.1) is 0 Å². The monoisotopic (exact) mass is 251 g/mol. The molecule has 1 saturated heterocycles. The quantitative estimate of drug-likeness (QED) is 0.719. The molecule has 0 amide bonds. The van der Waals surface area contributed by atoms with E-state index in [9.17, 15) is 4.79 Å². The van der Waals surface area contributed by atoms with E-state index in [0.29, 0.717) is 18.4 Å². The molecule has 0 saturated carbocycles. The maximum Gasteiger partial charge on any atom is 0.311 e. The van der Waals surface area contributed by atoms with Gasteiger partial charge in [0.1, 0.15) is 5.76 Å². The molecule has 0 bridgehead atoms. The number of ether oxygens (including phenoxy) is 1. The van der Waals surface area contributed by atoms with E-state index in [1.54, 1.807) is 0 Å². The number of rotatable bonds is 4. The van der Waals surface area contributed by atoms with E-state index in [0.717, 1.165) is 30.9 Å². The van der Waals surface area contributed by atoms with E-state index in [1.807, 2.05) is 0 Å². The van der Waals surface area contributed by atoms with Crippen LogP contribution in [-0.2, 0) is 9.53 Å². The average molecular weight is 251 g/mol. The molecule has 0 aromatic heterocycles. The summed E-state index contributed by atoms with van der Waals surface area (Å²) in [7, 11) is 2.18. The Hall–Kier alpha value is -0.830. The summed E-state index contributed by atoms with van der Waals surface area (Å²) in [5, 5.41) is 0. The number of hydrogen-bond acceptors (Lipinski definition) is 3. The van der Waals surface area contributed by atoms with Crippen LogP contribution in [0.2, 0.25) is 0 Å². The van der Waals surface area contributed by atoms with Gasteiger partial charge in [0.25, 0.3) is 0 Å². The lowest BCUT2D eigenvalue weighted by molar-refractivity contribution is -0.141. The Morgan fingerprint density at radius 2 is 2.39 bits per heavy atom.